The van der Waals surface area contributed by atoms with Crippen LogP contribution in [-0.4, -0.2) is 12.7 Å². The molecule has 0 heterocycles. The van der Waals surface area contributed by atoms with Crippen molar-refractivity contribution in [1.82, 2.24) is 0 Å². The Labute approximate surface area is 97.8 Å². The molecule has 0 amide bonds. The second-order valence-corrected chi connectivity index (χ2v) is 3.82. The summed E-state index contributed by atoms with van der Waals surface area (Å²) in [6.07, 6.45) is 5.06. The van der Waals surface area contributed by atoms with E-state index in [0.29, 0.717) is 12.5 Å². The lowest BCUT2D eigenvalue weighted by Gasteiger charge is -2.13. The van der Waals surface area contributed by atoms with Crippen LogP contribution >= 0.6 is 0 Å². The lowest BCUT2D eigenvalue weighted by Crippen LogP contribution is -2.17. The molecule has 1 aromatic rings. The number of terminal acetylenes is 1. The maximum absolute atomic E-state index is 5.46. The molecule has 0 bridgehead atoms. The molecule has 1 unspecified atom stereocenters. The molecule has 16 heavy (non-hydrogen) atoms. The summed E-state index contributed by atoms with van der Waals surface area (Å²) >= 11 is 0. The number of hydrogen-bond acceptors (Lipinski definition) is 1. The molecular formula is C15H16O. The van der Waals surface area contributed by atoms with Crippen molar-refractivity contribution in [3.63, 3.8) is 0 Å². The van der Waals surface area contributed by atoms with E-state index in [-0.39, 0.29) is 6.10 Å². The molecule has 1 nitrogen and oxygen atoms in total. The Morgan fingerprint density at radius 2 is 1.94 bits per heavy atom. The molecule has 1 aromatic carbocycles. The average Bonchev–Trinajstić information content (AvgIpc) is 2.30. The highest BCUT2D eigenvalue weighted by Crippen LogP contribution is 2.05. The second kappa shape index (κ2) is 6.72. The molecular weight excluding hydrogens is 196 g/mol. The number of rotatable bonds is 3. The van der Waals surface area contributed by atoms with E-state index in [2.05, 4.69) is 31.6 Å². The average molecular weight is 212 g/mol. The largest absolute Gasteiger partial charge is 0.353 e. The van der Waals surface area contributed by atoms with Gasteiger partial charge < -0.3 is 4.74 Å². The Hall–Kier alpha value is -1.70. The number of ether oxygens (including phenoxy) is 1. The fourth-order valence-electron chi connectivity index (χ4n) is 1.21. The van der Waals surface area contributed by atoms with Crippen molar-refractivity contribution in [2.75, 3.05) is 6.61 Å². The van der Waals surface area contributed by atoms with Gasteiger partial charge in [-0.05, 0) is 18.1 Å². The summed E-state index contributed by atoms with van der Waals surface area (Å²) < 4.78 is 5.46. The quantitative estimate of drug-likeness (QED) is 0.700. The molecule has 0 saturated carbocycles. The highest BCUT2D eigenvalue weighted by atomic mass is 16.5. The first-order valence-electron chi connectivity index (χ1n) is 5.35. The standard InChI is InChI=1S/C15H16O/c1-4-12-16-15(13(2)3)11-10-14-8-6-5-7-9-14/h1,5-9,13,15H,12H2,2-3H3. The summed E-state index contributed by atoms with van der Waals surface area (Å²) in [6.45, 7) is 4.45. The highest BCUT2D eigenvalue weighted by molar-refractivity contribution is 5.34. The van der Waals surface area contributed by atoms with Gasteiger partial charge in [0.1, 0.15) is 12.7 Å². The summed E-state index contributed by atoms with van der Waals surface area (Å²) in [6, 6.07) is 9.87. The SMILES string of the molecule is C#CCOC(C#Cc1ccccc1)C(C)C. The summed E-state index contributed by atoms with van der Waals surface area (Å²) in [4.78, 5) is 0. The lowest BCUT2D eigenvalue weighted by atomic mass is 10.1. The van der Waals surface area contributed by atoms with Crippen LogP contribution in [0.4, 0.5) is 0 Å². The van der Waals surface area contributed by atoms with Gasteiger partial charge in [0.2, 0.25) is 0 Å². The van der Waals surface area contributed by atoms with Crippen molar-refractivity contribution >= 4 is 0 Å². The van der Waals surface area contributed by atoms with Crippen LogP contribution in [0.1, 0.15) is 19.4 Å². The summed E-state index contributed by atoms with van der Waals surface area (Å²) in [7, 11) is 0. The Balaban J connectivity index is 2.69. The van der Waals surface area contributed by atoms with E-state index in [9.17, 15) is 0 Å². The van der Waals surface area contributed by atoms with Gasteiger partial charge in [-0.25, -0.2) is 0 Å². The molecule has 82 valence electrons. The van der Waals surface area contributed by atoms with Crippen molar-refractivity contribution < 1.29 is 4.74 Å². The molecule has 0 aliphatic rings. The molecule has 0 aliphatic carbocycles. The van der Waals surface area contributed by atoms with Gasteiger partial charge in [-0.3, -0.25) is 0 Å². The zero-order valence-electron chi connectivity index (χ0n) is 9.73. The first-order valence-corrected chi connectivity index (χ1v) is 5.35. The summed E-state index contributed by atoms with van der Waals surface area (Å²) in [5, 5.41) is 0. The molecule has 0 aliphatic heterocycles. The Morgan fingerprint density at radius 3 is 2.50 bits per heavy atom. The maximum Gasteiger partial charge on any atom is 0.122 e. The first kappa shape index (κ1) is 12.4. The van der Waals surface area contributed by atoms with Crippen molar-refractivity contribution in [3.8, 4) is 24.2 Å². The van der Waals surface area contributed by atoms with Crippen LogP contribution in [0.15, 0.2) is 30.3 Å². The minimum atomic E-state index is -0.101. The molecule has 1 atom stereocenters. The fourth-order valence-corrected chi connectivity index (χ4v) is 1.21. The van der Waals surface area contributed by atoms with Crippen LogP contribution in [0.3, 0.4) is 0 Å². The van der Waals surface area contributed by atoms with E-state index < -0.39 is 0 Å². The van der Waals surface area contributed by atoms with Crippen LogP contribution in [0.2, 0.25) is 0 Å². The Bertz CT molecular complexity index is 401. The van der Waals surface area contributed by atoms with E-state index in [1.54, 1.807) is 0 Å². The smallest absolute Gasteiger partial charge is 0.122 e. The molecule has 0 spiro atoms. The van der Waals surface area contributed by atoms with Crippen molar-refractivity contribution in [2.45, 2.75) is 20.0 Å². The van der Waals surface area contributed by atoms with E-state index >= 15 is 0 Å². The van der Waals surface area contributed by atoms with E-state index in [4.69, 9.17) is 11.2 Å². The van der Waals surface area contributed by atoms with Crippen LogP contribution in [-0.2, 0) is 4.74 Å². The minimum Gasteiger partial charge on any atom is -0.353 e. The van der Waals surface area contributed by atoms with Gasteiger partial charge in [-0.2, -0.15) is 0 Å². The third kappa shape index (κ3) is 4.22. The Morgan fingerprint density at radius 1 is 1.25 bits per heavy atom. The topological polar surface area (TPSA) is 9.23 Å². The van der Waals surface area contributed by atoms with Gasteiger partial charge in [-0.15, -0.1) is 6.42 Å². The zero-order chi connectivity index (χ0) is 11.8. The third-order valence-corrected chi connectivity index (χ3v) is 2.08. The van der Waals surface area contributed by atoms with Crippen molar-refractivity contribution in [2.24, 2.45) is 5.92 Å². The van der Waals surface area contributed by atoms with Gasteiger partial charge in [-0.1, -0.05) is 49.8 Å². The molecule has 0 fully saturated rings. The molecule has 0 radical (unpaired) electrons. The van der Waals surface area contributed by atoms with Crippen LogP contribution in [0.5, 0.6) is 0 Å². The normalized spacial score (nSPS) is 11.4. The van der Waals surface area contributed by atoms with Crippen LogP contribution in [0.25, 0.3) is 0 Å². The van der Waals surface area contributed by atoms with E-state index in [1.165, 1.54) is 0 Å². The molecule has 1 heteroatoms. The van der Waals surface area contributed by atoms with Crippen molar-refractivity contribution in [1.29, 1.82) is 0 Å². The summed E-state index contributed by atoms with van der Waals surface area (Å²) in [5.74, 6) is 8.99. The predicted molar refractivity (Wildman–Crippen MR) is 66.7 cm³/mol. The Kier molecular flexibility index (Phi) is 5.20. The second-order valence-electron chi connectivity index (χ2n) is 3.82. The zero-order valence-corrected chi connectivity index (χ0v) is 9.73. The van der Waals surface area contributed by atoms with Gasteiger partial charge in [0.05, 0.1) is 0 Å². The minimum absolute atomic E-state index is 0.101. The monoisotopic (exact) mass is 212 g/mol. The molecule has 0 N–H and O–H groups in total. The van der Waals surface area contributed by atoms with Crippen LogP contribution in [0, 0.1) is 30.1 Å². The summed E-state index contributed by atoms with van der Waals surface area (Å²) in [5.41, 5.74) is 0.998. The maximum atomic E-state index is 5.46. The van der Waals surface area contributed by atoms with E-state index in [0.717, 1.165) is 5.56 Å². The lowest BCUT2D eigenvalue weighted by molar-refractivity contribution is 0.0865. The van der Waals surface area contributed by atoms with Gasteiger partial charge in [0.15, 0.2) is 0 Å². The first-order chi connectivity index (χ1) is 7.74. The van der Waals surface area contributed by atoms with Crippen molar-refractivity contribution in [3.05, 3.63) is 35.9 Å². The van der Waals surface area contributed by atoms with Gasteiger partial charge in [0, 0.05) is 5.56 Å². The molecule has 0 saturated heterocycles. The number of benzene rings is 1. The van der Waals surface area contributed by atoms with E-state index in [1.807, 2.05) is 30.3 Å². The fraction of sp³-hybridized carbons (Fsp3) is 0.333. The third-order valence-electron chi connectivity index (χ3n) is 2.08. The molecule has 1 rings (SSSR count). The number of hydrogen-bond donors (Lipinski definition) is 0. The predicted octanol–water partition coefficient (Wildman–Crippen LogP) is 2.71. The van der Waals surface area contributed by atoms with Gasteiger partial charge in [0.25, 0.3) is 0 Å². The van der Waals surface area contributed by atoms with Gasteiger partial charge >= 0.3 is 0 Å². The van der Waals surface area contributed by atoms with Crippen LogP contribution < -0.4 is 0 Å². The highest BCUT2D eigenvalue weighted by Gasteiger charge is 2.09. The molecule has 0 aromatic heterocycles.